The lowest BCUT2D eigenvalue weighted by atomic mass is 9.64. The smallest absolute Gasteiger partial charge is 0.0689 e. The molecule has 1 rings (SSSR count). The maximum Gasteiger partial charge on any atom is 0.0689 e. The first-order valence-corrected chi connectivity index (χ1v) is 6.95. The number of unbranched alkanes of at least 4 members (excludes halogenated alkanes) is 3. The minimum Gasteiger partial charge on any atom is -0.198 e. The molecule has 0 bridgehead atoms. The number of nitrogens with zero attached hydrogens (tertiary/aromatic N) is 1. The van der Waals surface area contributed by atoms with Crippen molar-refractivity contribution in [3.63, 3.8) is 0 Å². The van der Waals surface area contributed by atoms with Crippen LogP contribution in [0.1, 0.15) is 78.6 Å². The van der Waals surface area contributed by atoms with Crippen LogP contribution in [0.3, 0.4) is 0 Å². The molecule has 1 fully saturated rings. The van der Waals surface area contributed by atoms with Crippen LogP contribution < -0.4 is 0 Å². The highest BCUT2D eigenvalue weighted by molar-refractivity contribution is 5.02. The van der Waals surface area contributed by atoms with Crippen LogP contribution in [0.25, 0.3) is 0 Å². The Morgan fingerprint density at radius 3 is 2.12 bits per heavy atom. The molecule has 0 atom stereocenters. The molecule has 0 aromatic carbocycles. The van der Waals surface area contributed by atoms with E-state index in [9.17, 15) is 5.26 Å². The molecule has 0 aromatic rings. The van der Waals surface area contributed by atoms with Crippen molar-refractivity contribution in [2.75, 3.05) is 0 Å². The first-order chi connectivity index (χ1) is 7.54. The second kappa shape index (κ2) is 5.71. The van der Waals surface area contributed by atoms with Crippen LogP contribution in [0, 0.1) is 22.2 Å². The van der Waals surface area contributed by atoms with Gasteiger partial charge in [-0.2, -0.15) is 5.26 Å². The van der Waals surface area contributed by atoms with Crippen molar-refractivity contribution in [1.29, 1.82) is 5.26 Å². The first kappa shape index (κ1) is 13.6. The molecule has 1 nitrogen and oxygen atoms in total. The Hall–Kier alpha value is -0.510. The summed E-state index contributed by atoms with van der Waals surface area (Å²) in [4.78, 5) is 0. The highest BCUT2D eigenvalue weighted by Crippen LogP contribution is 2.47. The first-order valence-electron chi connectivity index (χ1n) is 6.95. The molecule has 1 aliphatic carbocycles. The van der Waals surface area contributed by atoms with E-state index in [2.05, 4.69) is 26.8 Å². The van der Waals surface area contributed by atoms with Gasteiger partial charge in [0, 0.05) is 0 Å². The fraction of sp³-hybridized carbons (Fsp3) is 0.933. The predicted molar refractivity (Wildman–Crippen MR) is 69.1 cm³/mol. The molecule has 0 aromatic heterocycles. The SMILES string of the molecule is CCCCCCC1(C#N)CCC(C)(C)CC1. The van der Waals surface area contributed by atoms with Gasteiger partial charge in [0.05, 0.1) is 11.5 Å². The molecule has 1 aliphatic rings. The highest BCUT2D eigenvalue weighted by atomic mass is 14.4. The van der Waals surface area contributed by atoms with Gasteiger partial charge in [-0.25, -0.2) is 0 Å². The standard InChI is InChI=1S/C15H27N/c1-4-5-6-7-8-15(13-16)11-9-14(2,3)10-12-15/h4-12H2,1-3H3. The lowest BCUT2D eigenvalue weighted by Gasteiger charge is -2.39. The van der Waals surface area contributed by atoms with Crippen molar-refractivity contribution in [1.82, 2.24) is 0 Å². The zero-order chi connectivity index (χ0) is 12.1. The lowest BCUT2D eigenvalue weighted by Crippen LogP contribution is -2.30. The van der Waals surface area contributed by atoms with Crippen LogP contribution in [0.5, 0.6) is 0 Å². The average Bonchev–Trinajstić information content (AvgIpc) is 2.27. The summed E-state index contributed by atoms with van der Waals surface area (Å²) in [6.07, 6.45) is 11.0. The van der Waals surface area contributed by atoms with Crippen LogP contribution in [0.4, 0.5) is 0 Å². The predicted octanol–water partition coefficient (Wildman–Crippen LogP) is 5.07. The fourth-order valence-electron chi connectivity index (χ4n) is 2.71. The summed E-state index contributed by atoms with van der Waals surface area (Å²) in [5.41, 5.74) is 0.507. The molecular weight excluding hydrogens is 194 g/mol. The second-order valence-corrected chi connectivity index (χ2v) is 6.37. The minimum atomic E-state index is 0.0310. The molecule has 0 saturated heterocycles. The lowest BCUT2D eigenvalue weighted by molar-refractivity contribution is 0.135. The van der Waals surface area contributed by atoms with E-state index in [1.54, 1.807) is 0 Å². The van der Waals surface area contributed by atoms with E-state index < -0.39 is 0 Å². The molecule has 16 heavy (non-hydrogen) atoms. The Morgan fingerprint density at radius 1 is 1.00 bits per heavy atom. The van der Waals surface area contributed by atoms with Crippen molar-refractivity contribution in [2.24, 2.45) is 10.8 Å². The highest BCUT2D eigenvalue weighted by Gasteiger charge is 2.37. The van der Waals surface area contributed by atoms with Gasteiger partial charge < -0.3 is 0 Å². The summed E-state index contributed by atoms with van der Waals surface area (Å²) in [5, 5.41) is 9.42. The summed E-state index contributed by atoms with van der Waals surface area (Å²) in [7, 11) is 0. The van der Waals surface area contributed by atoms with Crippen molar-refractivity contribution in [2.45, 2.75) is 78.6 Å². The van der Waals surface area contributed by atoms with Gasteiger partial charge in [-0.3, -0.25) is 0 Å². The van der Waals surface area contributed by atoms with Gasteiger partial charge in [0.15, 0.2) is 0 Å². The molecule has 0 spiro atoms. The Balaban J connectivity index is 2.38. The largest absolute Gasteiger partial charge is 0.198 e. The van der Waals surface area contributed by atoms with Crippen molar-refractivity contribution in [3.8, 4) is 6.07 Å². The van der Waals surface area contributed by atoms with Crippen LogP contribution in [-0.2, 0) is 0 Å². The number of hydrogen-bond donors (Lipinski definition) is 0. The average molecular weight is 221 g/mol. The van der Waals surface area contributed by atoms with Crippen LogP contribution in [0.15, 0.2) is 0 Å². The van der Waals surface area contributed by atoms with Gasteiger partial charge in [0.25, 0.3) is 0 Å². The molecule has 0 aliphatic heterocycles. The Morgan fingerprint density at radius 2 is 1.62 bits per heavy atom. The van der Waals surface area contributed by atoms with Gasteiger partial charge in [0.2, 0.25) is 0 Å². The third kappa shape index (κ3) is 3.81. The van der Waals surface area contributed by atoms with E-state index in [-0.39, 0.29) is 5.41 Å². The van der Waals surface area contributed by atoms with Crippen molar-refractivity contribution in [3.05, 3.63) is 0 Å². The summed E-state index contributed by atoms with van der Waals surface area (Å²) in [6, 6.07) is 2.63. The monoisotopic (exact) mass is 221 g/mol. The summed E-state index contributed by atoms with van der Waals surface area (Å²) < 4.78 is 0. The number of rotatable bonds is 5. The molecule has 0 unspecified atom stereocenters. The number of hydrogen-bond acceptors (Lipinski definition) is 1. The summed E-state index contributed by atoms with van der Waals surface area (Å²) in [5.74, 6) is 0. The molecule has 0 radical (unpaired) electrons. The van der Waals surface area contributed by atoms with E-state index in [0.29, 0.717) is 5.41 Å². The zero-order valence-electron chi connectivity index (χ0n) is 11.3. The zero-order valence-corrected chi connectivity index (χ0v) is 11.3. The van der Waals surface area contributed by atoms with Crippen molar-refractivity contribution >= 4 is 0 Å². The second-order valence-electron chi connectivity index (χ2n) is 6.37. The van der Waals surface area contributed by atoms with Gasteiger partial charge in [-0.05, 0) is 37.5 Å². The third-order valence-corrected chi connectivity index (χ3v) is 4.31. The van der Waals surface area contributed by atoms with Crippen LogP contribution in [0.2, 0.25) is 0 Å². The van der Waals surface area contributed by atoms with Gasteiger partial charge in [-0.15, -0.1) is 0 Å². The van der Waals surface area contributed by atoms with E-state index in [4.69, 9.17) is 0 Å². The van der Waals surface area contributed by atoms with Gasteiger partial charge >= 0.3 is 0 Å². The maximum atomic E-state index is 9.42. The number of nitriles is 1. The molecule has 0 heterocycles. The molecular formula is C15H27N. The molecule has 1 heteroatoms. The van der Waals surface area contributed by atoms with Gasteiger partial charge in [0.1, 0.15) is 0 Å². The minimum absolute atomic E-state index is 0.0310. The van der Waals surface area contributed by atoms with Crippen molar-refractivity contribution < 1.29 is 0 Å². The Bertz CT molecular complexity index is 237. The van der Waals surface area contributed by atoms with E-state index in [0.717, 1.165) is 19.3 Å². The Kier molecular flexibility index (Phi) is 4.84. The summed E-state index contributed by atoms with van der Waals surface area (Å²) >= 11 is 0. The van der Waals surface area contributed by atoms with E-state index in [1.165, 1.54) is 38.5 Å². The molecule has 0 amide bonds. The quantitative estimate of drug-likeness (QED) is 0.595. The molecule has 0 N–H and O–H groups in total. The maximum absolute atomic E-state index is 9.42. The topological polar surface area (TPSA) is 23.8 Å². The molecule has 1 saturated carbocycles. The third-order valence-electron chi connectivity index (χ3n) is 4.31. The Labute approximate surface area is 101 Å². The molecule has 92 valence electrons. The normalized spacial score (nSPS) is 22.6. The van der Waals surface area contributed by atoms with Crippen LogP contribution >= 0.6 is 0 Å². The van der Waals surface area contributed by atoms with E-state index >= 15 is 0 Å². The fourth-order valence-corrected chi connectivity index (χ4v) is 2.71. The van der Waals surface area contributed by atoms with E-state index in [1.807, 2.05) is 0 Å². The van der Waals surface area contributed by atoms with Gasteiger partial charge in [-0.1, -0.05) is 46.5 Å². The summed E-state index contributed by atoms with van der Waals surface area (Å²) in [6.45, 7) is 6.92. The van der Waals surface area contributed by atoms with Crippen LogP contribution in [-0.4, -0.2) is 0 Å².